The van der Waals surface area contributed by atoms with E-state index in [4.69, 9.17) is 8.37 Å². The van der Waals surface area contributed by atoms with E-state index in [1.165, 1.54) is 12.0 Å². The Labute approximate surface area is 77.0 Å². The Balaban J connectivity index is 2.39. The van der Waals surface area contributed by atoms with E-state index >= 15 is 0 Å². The van der Waals surface area contributed by atoms with E-state index < -0.39 is 10.1 Å². The molecule has 0 spiro atoms. The Morgan fingerprint density at radius 1 is 1.67 bits per heavy atom. The van der Waals surface area contributed by atoms with Crippen LogP contribution in [0.25, 0.3) is 0 Å². The summed E-state index contributed by atoms with van der Waals surface area (Å²) in [7, 11) is -3.29. The number of rotatable bonds is 3. The van der Waals surface area contributed by atoms with Gasteiger partial charge in [-0.1, -0.05) is 0 Å². The third kappa shape index (κ3) is 3.30. The van der Waals surface area contributed by atoms with E-state index in [0.717, 1.165) is 0 Å². The molecule has 0 saturated carbocycles. The standard InChI is InChI=1S/C6H12O4S2/c1-2-12(7,8)10-6-3-4-9-11-5-6/h6H,2-5H2,1H3. The van der Waals surface area contributed by atoms with Gasteiger partial charge in [0.05, 0.1) is 18.5 Å². The van der Waals surface area contributed by atoms with Crippen molar-refractivity contribution < 1.29 is 16.8 Å². The van der Waals surface area contributed by atoms with Crippen LogP contribution in [0.3, 0.4) is 0 Å². The van der Waals surface area contributed by atoms with Gasteiger partial charge in [0.25, 0.3) is 10.1 Å². The summed E-state index contributed by atoms with van der Waals surface area (Å²) in [6.07, 6.45) is 0.459. The zero-order chi connectivity index (χ0) is 9.03. The summed E-state index contributed by atoms with van der Waals surface area (Å²) in [5, 5.41) is 0. The van der Waals surface area contributed by atoms with Crippen molar-refractivity contribution in [3.05, 3.63) is 0 Å². The van der Waals surface area contributed by atoms with Crippen LogP contribution < -0.4 is 0 Å². The maximum atomic E-state index is 11.0. The molecule has 1 atom stereocenters. The average Bonchev–Trinajstić information content (AvgIpc) is 2.06. The summed E-state index contributed by atoms with van der Waals surface area (Å²) in [6, 6.07) is 0. The molecule has 0 aliphatic carbocycles. The van der Waals surface area contributed by atoms with Gasteiger partial charge in [-0.2, -0.15) is 8.42 Å². The van der Waals surface area contributed by atoms with Crippen molar-refractivity contribution in [3.63, 3.8) is 0 Å². The first kappa shape index (κ1) is 10.3. The van der Waals surface area contributed by atoms with Gasteiger partial charge in [0, 0.05) is 12.2 Å². The summed E-state index contributed by atoms with van der Waals surface area (Å²) in [6.45, 7) is 2.14. The maximum Gasteiger partial charge on any atom is 0.267 e. The first-order valence-electron chi connectivity index (χ1n) is 3.79. The molecule has 12 heavy (non-hydrogen) atoms. The molecule has 1 fully saturated rings. The summed E-state index contributed by atoms with van der Waals surface area (Å²) in [4.78, 5) is 0. The van der Waals surface area contributed by atoms with Gasteiger partial charge in [-0.25, -0.2) is 0 Å². The molecule has 0 N–H and O–H groups in total. The summed E-state index contributed by atoms with van der Waals surface area (Å²) in [5.41, 5.74) is 0. The van der Waals surface area contributed by atoms with E-state index in [1.807, 2.05) is 0 Å². The van der Waals surface area contributed by atoms with Crippen LogP contribution in [0.4, 0.5) is 0 Å². The molecular formula is C6H12O4S2. The first-order valence-corrected chi connectivity index (χ1v) is 6.28. The predicted molar refractivity (Wildman–Crippen MR) is 47.4 cm³/mol. The minimum atomic E-state index is -3.29. The fraction of sp³-hybridized carbons (Fsp3) is 1.00. The van der Waals surface area contributed by atoms with Crippen LogP contribution in [0.5, 0.6) is 0 Å². The van der Waals surface area contributed by atoms with Crippen LogP contribution in [0.1, 0.15) is 13.3 Å². The Kier molecular flexibility index (Phi) is 3.82. The lowest BCUT2D eigenvalue weighted by atomic mass is 10.3. The second kappa shape index (κ2) is 4.45. The molecule has 72 valence electrons. The molecule has 0 bridgehead atoms. The smallest absolute Gasteiger partial charge is 0.267 e. The predicted octanol–water partition coefficient (Wildman–Crippen LogP) is 0.790. The molecule has 0 aromatic heterocycles. The zero-order valence-electron chi connectivity index (χ0n) is 6.86. The Bertz CT molecular complexity index is 218. The van der Waals surface area contributed by atoms with E-state index in [2.05, 4.69) is 0 Å². The second-order valence-corrected chi connectivity index (χ2v) is 5.15. The van der Waals surface area contributed by atoms with Crippen molar-refractivity contribution in [2.24, 2.45) is 0 Å². The van der Waals surface area contributed by atoms with Gasteiger partial charge in [-0.15, -0.1) is 0 Å². The van der Waals surface area contributed by atoms with Crippen molar-refractivity contribution in [2.45, 2.75) is 19.4 Å². The zero-order valence-corrected chi connectivity index (χ0v) is 8.49. The molecule has 1 rings (SSSR count). The lowest BCUT2D eigenvalue weighted by Crippen LogP contribution is -2.26. The minimum Gasteiger partial charge on any atom is -0.315 e. The third-order valence-corrected chi connectivity index (χ3v) is 3.61. The molecule has 1 aliphatic heterocycles. The van der Waals surface area contributed by atoms with E-state index in [-0.39, 0.29) is 11.9 Å². The Morgan fingerprint density at radius 2 is 2.42 bits per heavy atom. The SMILES string of the molecule is CCS(=O)(=O)OC1CCOSC1. The molecule has 4 nitrogen and oxygen atoms in total. The molecule has 0 radical (unpaired) electrons. The lowest BCUT2D eigenvalue weighted by molar-refractivity contribution is 0.179. The second-order valence-electron chi connectivity index (χ2n) is 2.46. The van der Waals surface area contributed by atoms with Crippen LogP contribution in [-0.4, -0.2) is 32.6 Å². The van der Waals surface area contributed by atoms with Crippen LogP contribution in [-0.2, 0) is 18.5 Å². The lowest BCUT2D eigenvalue weighted by Gasteiger charge is -2.20. The van der Waals surface area contributed by atoms with Crippen molar-refractivity contribution in [3.8, 4) is 0 Å². The molecule has 0 aromatic carbocycles. The van der Waals surface area contributed by atoms with Crippen LogP contribution in [0.15, 0.2) is 0 Å². The van der Waals surface area contributed by atoms with Gasteiger partial charge in [0.1, 0.15) is 0 Å². The fourth-order valence-electron chi connectivity index (χ4n) is 0.797. The molecule has 1 aliphatic rings. The Hall–Kier alpha value is 0.220. The van der Waals surface area contributed by atoms with Gasteiger partial charge < -0.3 is 4.18 Å². The molecule has 1 unspecified atom stereocenters. The normalized spacial score (nSPS) is 25.6. The average molecular weight is 212 g/mol. The topological polar surface area (TPSA) is 52.6 Å². The highest BCUT2D eigenvalue weighted by molar-refractivity contribution is 7.94. The van der Waals surface area contributed by atoms with Crippen molar-refractivity contribution >= 4 is 22.2 Å². The van der Waals surface area contributed by atoms with Crippen LogP contribution >= 0.6 is 12.0 Å². The molecule has 1 saturated heterocycles. The fourth-order valence-corrected chi connectivity index (χ4v) is 2.30. The number of hydrogen-bond donors (Lipinski definition) is 0. The largest absolute Gasteiger partial charge is 0.315 e. The van der Waals surface area contributed by atoms with Crippen molar-refractivity contribution in [2.75, 3.05) is 18.1 Å². The van der Waals surface area contributed by atoms with Gasteiger partial charge in [0.15, 0.2) is 0 Å². The molecule has 0 aromatic rings. The van der Waals surface area contributed by atoms with Gasteiger partial charge in [0.2, 0.25) is 0 Å². The summed E-state index contributed by atoms with van der Waals surface area (Å²) in [5.74, 6) is 0.633. The minimum absolute atomic E-state index is 0.0367. The highest BCUT2D eigenvalue weighted by atomic mass is 32.2. The van der Waals surface area contributed by atoms with E-state index in [1.54, 1.807) is 6.92 Å². The highest BCUT2D eigenvalue weighted by Gasteiger charge is 2.21. The third-order valence-electron chi connectivity index (χ3n) is 1.50. The van der Waals surface area contributed by atoms with Gasteiger partial charge >= 0.3 is 0 Å². The van der Waals surface area contributed by atoms with Gasteiger partial charge in [-0.05, 0) is 19.0 Å². The molecule has 1 heterocycles. The maximum absolute atomic E-state index is 11.0. The monoisotopic (exact) mass is 212 g/mol. The molecular weight excluding hydrogens is 200 g/mol. The molecule has 0 amide bonds. The first-order chi connectivity index (χ1) is 5.64. The molecule has 6 heteroatoms. The van der Waals surface area contributed by atoms with Crippen molar-refractivity contribution in [1.29, 1.82) is 0 Å². The summed E-state index contributed by atoms with van der Waals surface area (Å²) >= 11 is 1.26. The summed E-state index contributed by atoms with van der Waals surface area (Å²) < 4.78 is 31.9. The van der Waals surface area contributed by atoms with Crippen LogP contribution in [0, 0.1) is 0 Å². The van der Waals surface area contributed by atoms with E-state index in [9.17, 15) is 8.42 Å². The van der Waals surface area contributed by atoms with E-state index in [0.29, 0.717) is 18.8 Å². The highest BCUT2D eigenvalue weighted by Crippen LogP contribution is 2.19. The quantitative estimate of drug-likeness (QED) is 0.511. The van der Waals surface area contributed by atoms with Crippen molar-refractivity contribution in [1.82, 2.24) is 0 Å². The van der Waals surface area contributed by atoms with Gasteiger partial charge in [-0.3, -0.25) is 4.18 Å². The Morgan fingerprint density at radius 3 is 2.92 bits per heavy atom. The van der Waals surface area contributed by atoms with Crippen LogP contribution in [0.2, 0.25) is 0 Å². The number of hydrogen-bond acceptors (Lipinski definition) is 5.